The number of carbonyl (C=O) groups is 3. The molecular weight excluding hydrogens is 511 g/mol. The maximum Gasteiger partial charge on any atom is 0.242 e. The fraction of sp³-hybridized carbons (Fsp3) is 0.464. The molecule has 2 aromatic rings. The summed E-state index contributed by atoms with van der Waals surface area (Å²) in [5, 5.41) is 9.54. The largest absolute Gasteiger partial charge is 0.492 e. The molecule has 0 saturated heterocycles. The summed E-state index contributed by atoms with van der Waals surface area (Å²) in [6.45, 7) is 1.03. The van der Waals surface area contributed by atoms with Crippen molar-refractivity contribution in [1.82, 2.24) is 20.9 Å². The number of likely N-dealkylation sites (N-methyl/N-ethyl adjacent to an activating group) is 1. The lowest BCUT2D eigenvalue weighted by molar-refractivity contribution is -0.137. The van der Waals surface area contributed by atoms with Crippen LogP contribution in [-0.4, -0.2) is 68.0 Å². The first kappa shape index (κ1) is 27.9. The standard InChI is InChI=1S/C28H34ClFN4O4/c1-34-17-25(35)33-23(15-18-4-10-22(30)11-5-18)27(36)32-12-2-3-19-8-9-21(29)16-24(19)38-14-13-31-26(28(34)37)20-6-7-20/h4-5,8-11,16,20,23,26,31H,2-3,6-7,12-15,17H2,1H3,(H,32,36)(H,33,35)/t23-,26+/m1/s1. The Morgan fingerprint density at radius 1 is 1.08 bits per heavy atom. The van der Waals surface area contributed by atoms with Crippen molar-refractivity contribution in [1.29, 1.82) is 0 Å². The van der Waals surface area contributed by atoms with Crippen molar-refractivity contribution in [2.45, 2.75) is 44.2 Å². The molecule has 1 aliphatic heterocycles. The third kappa shape index (κ3) is 7.91. The fourth-order valence-electron chi connectivity index (χ4n) is 4.58. The van der Waals surface area contributed by atoms with Gasteiger partial charge in [0.25, 0.3) is 0 Å². The molecule has 204 valence electrons. The first-order chi connectivity index (χ1) is 18.3. The van der Waals surface area contributed by atoms with Crippen molar-refractivity contribution in [3.05, 3.63) is 64.4 Å². The number of halogens is 2. The summed E-state index contributed by atoms with van der Waals surface area (Å²) in [7, 11) is 1.58. The van der Waals surface area contributed by atoms with Crippen molar-refractivity contribution in [2.24, 2.45) is 5.92 Å². The molecule has 0 spiro atoms. The van der Waals surface area contributed by atoms with E-state index < -0.39 is 18.0 Å². The van der Waals surface area contributed by atoms with Gasteiger partial charge in [-0.1, -0.05) is 29.8 Å². The van der Waals surface area contributed by atoms with E-state index in [0.29, 0.717) is 48.9 Å². The number of benzene rings is 2. The normalized spacial score (nSPS) is 22.4. The van der Waals surface area contributed by atoms with E-state index in [1.807, 2.05) is 6.07 Å². The summed E-state index contributed by atoms with van der Waals surface area (Å²) in [6.07, 6.45) is 3.39. The molecule has 4 rings (SSSR count). The van der Waals surface area contributed by atoms with Gasteiger partial charge in [-0.05, 0) is 67.0 Å². The Hall–Kier alpha value is -3.17. The lowest BCUT2D eigenvalue weighted by Gasteiger charge is -2.26. The number of rotatable bonds is 3. The number of ether oxygens (including phenoxy) is 1. The highest BCUT2D eigenvalue weighted by Gasteiger charge is 2.37. The molecule has 0 bridgehead atoms. The molecule has 1 saturated carbocycles. The fourth-order valence-corrected chi connectivity index (χ4v) is 4.74. The maximum atomic E-state index is 13.4. The molecule has 8 nitrogen and oxygen atoms in total. The van der Waals surface area contributed by atoms with E-state index in [4.69, 9.17) is 16.3 Å². The second-order valence-corrected chi connectivity index (χ2v) is 10.3. The molecule has 1 heterocycles. The van der Waals surface area contributed by atoms with Crippen LogP contribution < -0.4 is 20.7 Å². The molecule has 0 radical (unpaired) electrons. The van der Waals surface area contributed by atoms with Crippen molar-refractivity contribution in [3.8, 4) is 5.75 Å². The Morgan fingerprint density at radius 2 is 1.84 bits per heavy atom. The number of nitrogens with zero attached hydrogens (tertiary/aromatic N) is 1. The van der Waals surface area contributed by atoms with Gasteiger partial charge in [0.15, 0.2) is 0 Å². The number of fused-ring (bicyclic) bond motifs is 1. The van der Waals surface area contributed by atoms with Crippen LogP contribution in [0.15, 0.2) is 42.5 Å². The van der Waals surface area contributed by atoms with E-state index >= 15 is 0 Å². The number of aryl methyl sites for hydroxylation is 1. The van der Waals surface area contributed by atoms with Crippen LogP contribution in [-0.2, 0) is 27.2 Å². The molecule has 2 aromatic carbocycles. The molecule has 0 aromatic heterocycles. The minimum Gasteiger partial charge on any atom is -0.492 e. The van der Waals surface area contributed by atoms with E-state index in [9.17, 15) is 18.8 Å². The van der Waals surface area contributed by atoms with E-state index in [2.05, 4.69) is 16.0 Å². The highest BCUT2D eigenvalue weighted by atomic mass is 35.5. The Bertz CT molecular complexity index is 1140. The Balaban J connectivity index is 1.52. The first-order valence-electron chi connectivity index (χ1n) is 13.0. The molecule has 3 amide bonds. The van der Waals surface area contributed by atoms with Gasteiger partial charge >= 0.3 is 0 Å². The van der Waals surface area contributed by atoms with Gasteiger partial charge in [-0.3, -0.25) is 14.4 Å². The lowest BCUT2D eigenvalue weighted by atomic mass is 10.0. The monoisotopic (exact) mass is 544 g/mol. The Morgan fingerprint density at radius 3 is 2.58 bits per heavy atom. The molecule has 10 heteroatoms. The summed E-state index contributed by atoms with van der Waals surface area (Å²) in [5.74, 6) is -0.434. The van der Waals surface area contributed by atoms with Crippen LogP contribution in [0, 0.1) is 11.7 Å². The molecule has 2 atom stereocenters. The van der Waals surface area contributed by atoms with Crippen LogP contribution in [0.1, 0.15) is 30.4 Å². The topological polar surface area (TPSA) is 99.8 Å². The van der Waals surface area contributed by atoms with Gasteiger partial charge in [0.05, 0.1) is 12.6 Å². The second kappa shape index (κ2) is 13.1. The predicted molar refractivity (Wildman–Crippen MR) is 142 cm³/mol. The summed E-state index contributed by atoms with van der Waals surface area (Å²) in [4.78, 5) is 40.5. The number of hydrogen-bond donors (Lipinski definition) is 3. The minimum atomic E-state index is -0.873. The summed E-state index contributed by atoms with van der Waals surface area (Å²) < 4.78 is 19.4. The van der Waals surface area contributed by atoms with Gasteiger partial charge in [-0.15, -0.1) is 0 Å². The average Bonchev–Trinajstić information content (AvgIpc) is 3.72. The minimum absolute atomic E-state index is 0.174. The van der Waals surface area contributed by atoms with Crippen molar-refractivity contribution >= 4 is 29.3 Å². The molecule has 0 unspecified atom stereocenters. The quantitative estimate of drug-likeness (QED) is 0.551. The van der Waals surface area contributed by atoms with Crippen LogP contribution in [0.4, 0.5) is 4.39 Å². The molecule has 1 fully saturated rings. The highest BCUT2D eigenvalue weighted by molar-refractivity contribution is 6.30. The van der Waals surface area contributed by atoms with Gasteiger partial charge < -0.3 is 25.6 Å². The van der Waals surface area contributed by atoms with Crippen molar-refractivity contribution in [3.63, 3.8) is 0 Å². The second-order valence-electron chi connectivity index (χ2n) is 9.91. The summed E-state index contributed by atoms with van der Waals surface area (Å²) in [5.41, 5.74) is 1.68. The average molecular weight is 545 g/mol. The van der Waals surface area contributed by atoms with Gasteiger partial charge in [-0.2, -0.15) is 0 Å². The number of nitrogens with one attached hydrogen (secondary N) is 3. The van der Waals surface area contributed by atoms with Crippen LogP contribution in [0.5, 0.6) is 5.75 Å². The van der Waals surface area contributed by atoms with E-state index in [1.165, 1.54) is 17.0 Å². The zero-order valence-electron chi connectivity index (χ0n) is 21.5. The third-order valence-corrected chi connectivity index (χ3v) is 7.03. The highest BCUT2D eigenvalue weighted by Crippen LogP contribution is 2.33. The number of amides is 3. The van der Waals surface area contributed by atoms with Gasteiger partial charge in [0.2, 0.25) is 17.7 Å². The summed E-state index contributed by atoms with van der Waals surface area (Å²) >= 11 is 6.20. The van der Waals surface area contributed by atoms with E-state index in [1.54, 1.807) is 31.3 Å². The number of carbonyl (C=O) groups excluding carboxylic acids is 3. The van der Waals surface area contributed by atoms with Crippen molar-refractivity contribution in [2.75, 3.05) is 33.3 Å². The van der Waals surface area contributed by atoms with E-state index in [-0.39, 0.29) is 36.5 Å². The third-order valence-electron chi connectivity index (χ3n) is 6.80. The molecule has 3 N–H and O–H groups in total. The Labute approximate surface area is 227 Å². The molecule has 38 heavy (non-hydrogen) atoms. The van der Waals surface area contributed by atoms with Crippen molar-refractivity contribution < 1.29 is 23.5 Å². The molecule has 2 aliphatic rings. The smallest absolute Gasteiger partial charge is 0.242 e. The Kier molecular flexibility index (Phi) is 9.58. The van der Waals surface area contributed by atoms with Crippen LogP contribution >= 0.6 is 11.6 Å². The predicted octanol–water partition coefficient (Wildman–Crippen LogP) is 2.47. The zero-order valence-corrected chi connectivity index (χ0v) is 22.2. The zero-order chi connectivity index (χ0) is 27.1. The van der Waals surface area contributed by atoms with Gasteiger partial charge in [0, 0.05) is 31.6 Å². The molecule has 1 aliphatic carbocycles. The molecular formula is C28H34ClFN4O4. The lowest BCUT2D eigenvalue weighted by Crippen LogP contribution is -2.53. The van der Waals surface area contributed by atoms with Crippen LogP contribution in [0.25, 0.3) is 0 Å². The van der Waals surface area contributed by atoms with Crippen LogP contribution in [0.2, 0.25) is 5.02 Å². The van der Waals surface area contributed by atoms with Gasteiger partial charge in [0.1, 0.15) is 24.2 Å². The summed E-state index contributed by atoms with van der Waals surface area (Å²) in [6, 6.07) is 10.0. The maximum absolute atomic E-state index is 13.4. The van der Waals surface area contributed by atoms with Crippen LogP contribution in [0.3, 0.4) is 0 Å². The van der Waals surface area contributed by atoms with Gasteiger partial charge in [-0.25, -0.2) is 4.39 Å². The number of hydrogen-bond acceptors (Lipinski definition) is 5. The SMILES string of the molecule is CN1CC(=O)N[C@H](Cc2ccc(F)cc2)C(=O)NCCCc2ccc(Cl)cc2OCCN[C@@H](C2CC2)C1=O. The first-order valence-corrected chi connectivity index (χ1v) is 13.4. The van der Waals surface area contributed by atoms with E-state index in [0.717, 1.165) is 18.4 Å².